The highest BCUT2D eigenvalue weighted by Gasteiger charge is 2.36. The minimum Gasteiger partial charge on any atom is -0.388 e. The molecule has 1 saturated carbocycles. The lowest BCUT2D eigenvalue weighted by molar-refractivity contribution is -0.0800. The Bertz CT molecular complexity index is 259. The SMILES string of the molecule is CN(CC1(O)CCOCC1)CC1(CN)CCCC1. The molecule has 0 unspecified atom stereocenters. The molecule has 1 aliphatic carbocycles. The topological polar surface area (TPSA) is 58.7 Å². The van der Waals surface area contributed by atoms with Gasteiger partial charge in [0, 0.05) is 39.1 Å². The summed E-state index contributed by atoms with van der Waals surface area (Å²) in [5, 5.41) is 10.5. The molecule has 2 rings (SSSR count). The van der Waals surface area contributed by atoms with Crippen LogP contribution in [0.1, 0.15) is 38.5 Å². The molecule has 1 aliphatic heterocycles. The Kier molecular flexibility index (Phi) is 4.64. The number of nitrogens with two attached hydrogens (primary N) is 1. The maximum absolute atomic E-state index is 10.5. The first-order chi connectivity index (χ1) is 8.58. The number of nitrogens with zero attached hydrogens (tertiary/aromatic N) is 1. The highest BCUT2D eigenvalue weighted by atomic mass is 16.5. The monoisotopic (exact) mass is 256 g/mol. The molecule has 1 heterocycles. The van der Waals surface area contributed by atoms with E-state index in [1.807, 2.05) is 0 Å². The number of likely N-dealkylation sites (N-methyl/N-ethyl adjacent to an activating group) is 1. The normalized spacial score (nSPS) is 26.7. The molecule has 0 amide bonds. The maximum Gasteiger partial charge on any atom is 0.0817 e. The third-order valence-electron chi connectivity index (χ3n) is 4.69. The lowest BCUT2D eigenvalue weighted by Gasteiger charge is -2.39. The van der Waals surface area contributed by atoms with Crippen molar-refractivity contribution in [2.75, 3.05) is 39.9 Å². The van der Waals surface area contributed by atoms with Crippen molar-refractivity contribution >= 4 is 0 Å². The molecule has 3 N–H and O–H groups in total. The van der Waals surface area contributed by atoms with Crippen LogP contribution in [0.5, 0.6) is 0 Å². The smallest absolute Gasteiger partial charge is 0.0817 e. The van der Waals surface area contributed by atoms with Crippen molar-refractivity contribution in [2.24, 2.45) is 11.1 Å². The number of hydrogen-bond donors (Lipinski definition) is 2. The van der Waals surface area contributed by atoms with Crippen molar-refractivity contribution in [3.05, 3.63) is 0 Å². The van der Waals surface area contributed by atoms with Crippen LogP contribution in [0.3, 0.4) is 0 Å². The Labute approximate surface area is 110 Å². The zero-order chi connectivity index (χ0) is 13.1. The third kappa shape index (κ3) is 3.44. The molecule has 0 aromatic carbocycles. The van der Waals surface area contributed by atoms with Crippen LogP contribution in [0.25, 0.3) is 0 Å². The minimum atomic E-state index is -0.554. The van der Waals surface area contributed by atoms with Crippen LogP contribution in [0.4, 0.5) is 0 Å². The van der Waals surface area contributed by atoms with E-state index in [0.29, 0.717) is 18.6 Å². The van der Waals surface area contributed by atoms with Gasteiger partial charge in [0.05, 0.1) is 5.60 Å². The highest BCUT2D eigenvalue weighted by Crippen LogP contribution is 2.38. The van der Waals surface area contributed by atoms with Gasteiger partial charge in [0.1, 0.15) is 0 Å². The van der Waals surface area contributed by atoms with Gasteiger partial charge in [-0.3, -0.25) is 0 Å². The van der Waals surface area contributed by atoms with Crippen LogP contribution in [0, 0.1) is 5.41 Å². The predicted octanol–water partition coefficient (Wildman–Crippen LogP) is 0.979. The van der Waals surface area contributed by atoms with Crippen molar-refractivity contribution in [1.82, 2.24) is 4.90 Å². The average molecular weight is 256 g/mol. The molecular weight excluding hydrogens is 228 g/mol. The molecule has 2 fully saturated rings. The molecule has 1 saturated heterocycles. The van der Waals surface area contributed by atoms with Gasteiger partial charge in [0.2, 0.25) is 0 Å². The average Bonchev–Trinajstić information content (AvgIpc) is 2.78. The van der Waals surface area contributed by atoms with E-state index in [2.05, 4.69) is 11.9 Å². The minimum absolute atomic E-state index is 0.302. The van der Waals surface area contributed by atoms with E-state index in [1.165, 1.54) is 25.7 Å². The van der Waals surface area contributed by atoms with Crippen LogP contribution in [0.2, 0.25) is 0 Å². The summed E-state index contributed by atoms with van der Waals surface area (Å²) in [6.45, 7) is 3.92. The summed E-state index contributed by atoms with van der Waals surface area (Å²) in [6, 6.07) is 0. The van der Waals surface area contributed by atoms with Crippen LogP contribution in [-0.2, 0) is 4.74 Å². The summed E-state index contributed by atoms with van der Waals surface area (Å²) in [6.07, 6.45) is 6.62. The van der Waals surface area contributed by atoms with E-state index < -0.39 is 5.60 Å². The van der Waals surface area contributed by atoms with Crippen molar-refractivity contribution in [3.63, 3.8) is 0 Å². The van der Waals surface area contributed by atoms with E-state index in [9.17, 15) is 5.11 Å². The van der Waals surface area contributed by atoms with E-state index in [0.717, 1.165) is 32.5 Å². The second-order valence-electron chi connectivity index (χ2n) is 6.42. The predicted molar refractivity (Wildman–Crippen MR) is 72.5 cm³/mol. The van der Waals surface area contributed by atoms with Gasteiger partial charge < -0.3 is 20.5 Å². The number of hydrogen-bond acceptors (Lipinski definition) is 4. The maximum atomic E-state index is 10.5. The largest absolute Gasteiger partial charge is 0.388 e. The quantitative estimate of drug-likeness (QED) is 0.770. The molecular formula is C14H28N2O2. The van der Waals surface area contributed by atoms with Gasteiger partial charge in [0.15, 0.2) is 0 Å². The molecule has 106 valence electrons. The van der Waals surface area contributed by atoms with Gasteiger partial charge in [0.25, 0.3) is 0 Å². The fourth-order valence-corrected chi connectivity index (χ4v) is 3.59. The molecule has 2 aliphatic rings. The van der Waals surface area contributed by atoms with Gasteiger partial charge in [-0.2, -0.15) is 0 Å². The van der Waals surface area contributed by atoms with Crippen LogP contribution >= 0.6 is 0 Å². The standard InChI is InChI=1S/C14H28N2O2/c1-16(11-13(10-15)4-2-3-5-13)12-14(17)6-8-18-9-7-14/h17H,2-12,15H2,1H3. The Balaban J connectivity index is 1.85. The summed E-state index contributed by atoms with van der Waals surface area (Å²) in [7, 11) is 2.11. The van der Waals surface area contributed by atoms with Gasteiger partial charge >= 0.3 is 0 Å². The lowest BCUT2D eigenvalue weighted by Crippen LogP contribution is -2.49. The zero-order valence-corrected chi connectivity index (χ0v) is 11.7. The first-order valence-corrected chi connectivity index (χ1v) is 7.26. The fourth-order valence-electron chi connectivity index (χ4n) is 3.59. The summed E-state index contributed by atoms with van der Waals surface area (Å²) < 4.78 is 5.32. The van der Waals surface area contributed by atoms with Crippen molar-refractivity contribution in [2.45, 2.75) is 44.1 Å². The fraction of sp³-hybridized carbons (Fsp3) is 1.00. The second kappa shape index (κ2) is 5.87. The Morgan fingerprint density at radius 2 is 1.72 bits per heavy atom. The number of aliphatic hydroxyl groups is 1. The molecule has 0 aromatic rings. The van der Waals surface area contributed by atoms with Crippen molar-refractivity contribution in [1.29, 1.82) is 0 Å². The van der Waals surface area contributed by atoms with Gasteiger partial charge in [-0.1, -0.05) is 12.8 Å². The van der Waals surface area contributed by atoms with Crippen LogP contribution in [0.15, 0.2) is 0 Å². The lowest BCUT2D eigenvalue weighted by atomic mass is 9.85. The van der Waals surface area contributed by atoms with Crippen LogP contribution in [-0.4, -0.2) is 55.5 Å². The third-order valence-corrected chi connectivity index (χ3v) is 4.69. The Morgan fingerprint density at radius 1 is 1.11 bits per heavy atom. The van der Waals surface area contributed by atoms with E-state index >= 15 is 0 Å². The second-order valence-corrected chi connectivity index (χ2v) is 6.42. The number of ether oxygens (including phenoxy) is 1. The highest BCUT2D eigenvalue weighted by molar-refractivity contribution is 4.90. The molecule has 0 radical (unpaired) electrons. The molecule has 0 spiro atoms. The van der Waals surface area contributed by atoms with Gasteiger partial charge in [-0.15, -0.1) is 0 Å². The molecule has 4 heteroatoms. The summed E-state index contributed by atoms with van der Waals surface area (Å²) in [4.78, 5) is 2.28. The summed E-state index contributed by atoms with van der Waals surface area (Å²) in [5.74, 6) is 0. The van der Waals surface area contributed by atoms with Crippen LogP contribution < -0.4 is 5.73 Å². The summed E-state index contributed by atoms with van der Waals surface area (Å²) >= 11 is 0. The van der Waals surface area contributed by atoms with Crippen molar-refractivity contribution in [3.8, 4) is 0 Å². The van der Waals surface area contributed by atoms with Crippen molar-refractivity contribution < 1.29 is 9.84 Å². The number of rotatable bonds is 5. The van der Waals surface area contributed by atoms with Gasteiger partial charge in [-0.25, -0.2) is 0 Å². The molecule has 18 heavy (non-hydrogen) atoms. The Morgan fingerprint density at radius 3 is 2.28 bits per heavy atom. The van der Waals surface area contributed by atoms with E-state index in [1.54, 1.807) is 0 Å². The van der Waals surface area contributed by atoms with Gasteiger partial charge in [-0.05, 0) is 31.8 Å². The van der Waals surface area contributed by atoms with E-state index in [4.69, 9.17) is 10.5 Å². The molecule has 0 aromatic heterocycles. The first kappa shape index (κ1) is 14.3. The summed E-state index contributed by atoms with van der Waals surface area (Å²) in [5.41, 5.74) is 5.72. The molecule has 4 nitrogen and oxygen atoms in total. The molecule has 0 atom stereocenters. The Hall–Kier alpha value is -0.160. The van der Waals surface area contributed by atoms with E-state index in [-0.39, 0.29) is 0 Å². The zero-order valence-electron chi connectivity index (χ0n) is 11.7. The molecule has 0 bridgehead atoms. The first-order valence-electron chi connectivity index (χ1n) is 7.26.